The van der Waals surface area contributed by atoms with Gasteiger partial charge in [-0.05, 0) is 70.0 Å². The standard InChI is InChI=1S/C25H29N3O4S/c1-17-8-7-9-18(2)28(17)33(30,31)22-14-12-21(13-15-22)26-24(29)16-23-19(3)32-25(27-23)20-10-5-4-6-11-20/h4-6,10-15,17-18H,7-9,16H2,1-3H3,(H,26,29). The summed E-state index contributed by atoms with van der Waals surface area (Å²) in [5.74, 6) is 0.821. The Bertz CT molecular complexity index is 1210. The van der Waals surface area contributed by atoms with Crippen molar-refractivity contribution < 1.29 is 17.6 Å². The fraction of sp³-hybridized carbons (Fsp3) is 0.360. The Hall–Kier alpha value is -2.97. The van der Waals surface area contributed by atoms with E-state index in [2.05, 4.69) is 10.3 Å². The van der Waals surface area contributed by atoms with E-state index in [1.54, 1.807) is 35.5 Å². The largest absolute Gasteiger partial charge is 0.441 e. The number of hydrogen-bond donors (Lipinski definition) is 1. The van der Waals surface area contributed by atoms with Crippen LogP contribution in [0.4, 0.5) is 5.69 Å². The molecule has 1 aliphatic heterocycles. The van der Waals surface area contributed by atoms with Crippen LogP contribution in [0.1, 0.15) is 44.6 Å². The van der Waals surface area contributed by atoms with E-state index >= 15 is 0 Å². The Balaban J connectivity index is 1.43. The molecule has 0 radical (unpaired) electrons. The molecular formula is C25H29N3O4S. The van der Waals surface area contributed by atoms with Crippen LogP contribution >= 0.6 is 0 Å². The number of nitrogens with zero attached hydrogens (tertiary/aromatic N) is 2. The number of benzene rings is 2. The third-order valence-electron chi connectivity index (χ3n) is 6.07. The lowest BCUT2D eigenvalue weighted by Gasteiger charge is -2.37. The highest BCUT2D eigenvalue weighted by molar-refractivity contribution is 7.89. The van der Waals surface area contributed by atoms with Crippen molar-refractivity contribution in [3.05, 3.63) is 66.1 Å². The average Bonchev–Trinajstić information content (AvgIpc) is 3.14. The molecule has 4 rings (SSSR count). The van der Waals surface area contributed by atoms with Gasteiger partial charge in [0, 0.05) is 23.3 Å². The zero-order chi connectivity index (χ0) is 23.6. The molecule has 0 aliphatic carbocycles. The Morgan fingerprint density at radius 1 is 1.06 bits per heavy atom. The predicted octanol–water partition coefficient (Wildman–Crippen LogP) is 4.78. The van der Waals surface area contributed by atoms with Gasteiger partial charge in [-0.2, -0.15) is 4.31 Å². The molecule has 2 heterocycles. The third kappa shape index (κ3) is 5.02. The quantitative estimate of drug-likeness (QED) is 0.563. The number of rotatable bonds is 6. The van der Waals surface area contributed by atoms with E-state index in [9.17, 15) is 13.2 Å². The summed E-state index contributed by atoms with van der Waals surface area (Å²) in [6.45, 7) is 5.69. The number of oxazole rings is 1. The molecule has 1 aromatic heterocycles. The second-order valence-corrected chi connectivity index (χ2v) is 10.4. The topological polar surface area (TPSA) is 92.5 Å². The van der Waals surface area contributed by atoms with Gasteiger partial charge >= 0.3 is 0 Å². The first-order valence-corrected chi connectivity index (χ1v) is 12.6. The number of sulfonamides is 1. The van der Waals surface area contributed by atoms with Crippen LogP contribution in [0.25, 0.3) is 11.5 Å². The van der Waals surface area contributed by atoms with Gasteiger partial charge in [-0.25, -0.2) is 13.4 Å². The van der Waals surface area contributed by atoms with Crippen molar-refractivity contribution in [2.75, 3.05) is 5.32 Å². The smallest absolute Gasteiger partial charge is 0.243 e. The van der Waals surface area contributed by atoms with Crippen LogP contribution in [0.3, 0.4) is 0 Å². The Morgan fingerprint density at radius 3 is 2.33 bits per heavy atom. The molecule has 2 atom stereocenters. The summed E-state index contributed by atoms with van der Waals surface area (Å²) in [6.07, 6.45) is 2.83. The Kier molecular flexibility index (Phi) is 6.67. The molecule has 7 nitrogen and oxygen atoms in total. The lowest BCUT2D eigenvalue weighted by atomic mass is 10.0. The Labute approximate surface area is 194 Å². The monoisotopic (exact) mass is 467 g/mol. The normalized spacial score (nSPS) is 19.4. The minimum absolute atomic E-state index is 0.0235. The third-order valence-corrected chi connectivity index (χ3v) is 8.21. The van der Waals surface area contributed by atoms with Crippen LogP contribution in [-0.2, 0) is 21.2 Å². The van der Waals surface area contributed by atoms with Gasteiger partial charge in [0.1, 0.15) is 5.76 Å². The molecule has 8 heteroatoms. The number of hydrogen-bond acceptors (Lipinski definition) is 5. The van der Waals surface area contributed by atoms with Crippen molar-refractivity contribution in [2.45, 2.75) is 63.4 Å². The molecule has 2 aromatic carbocycles. The minimum atomic E-state index is -3.59. The molecule has 33 heavy (non-hydrogen) atoms. The molecule has 1 saturated heterocycles. The maximum absolute atomic E-state index is 13.2. The highest BCUT2D eigenvalue weighted by Crippen LogP contribution is 2.30. The summed E-state index contributed by atoms with van der Waals surface area (Å²) in [5, 5.41) is 2.81. The molecule has 1 fully saturated rings. The molecule has 0 bridgehead atoms. The number of nitrogens with one attached hydrogen (secondary N) is 1. The first kappa shape index (κ1) is 23.2. The van der Waals surface area contributed by atoms with Gasteiger partial charge in [0.05, 0.1) is 17.0 Å². The summed E-state index contributed by atoms with van der Waals surface area (Å²) in [4.78, 5) is 17.3. The highest BCUT2D eigenvalue weighted by Gasteiger charge is 2.35. The molecular weight excluding hydrogens is 438 g/mol. The molecule has 1 amide bonds. The number of anilines is 1. The number of carbonyl (C=O) groups excluding carboxylic acids is 1. The van der Waals surface area contributed by atoms with Crippen molar-refractivity contribution in [2.24, 2.45) is 0 Å². The van der Waals surface area contributed by atoms with E-state index in [4.69, 9.17) is 4.42 Å². The lowest BCUT2D eigenvalue weighted by Crippen LogP contribution is -2.47. The molecule has 1 aliphatic rings. The van der Waals surface area contributed by atoms with Gasteiger partial charge in [0.2, 0.25) is 21.8 Å². The molecule has 3 aromatic rings. The summed E-state index contributed by atoms with van der Waals surface area (Å²) < 4.78 is 33.6. The maximum atomic E-state index is 13.2. The van der Waals surface area contributed by atoms with E-state index in [-0.39, 0.29) is 29.3 Å². The van der Waals surface area contributed by atoms with Crippen LogP contribution in [0.15, 0.2) is 63.9 Å². The number of piperidine rings is 1. The molecule has 2 unspecified atom stereocenters. The van der Waals surface area contributed by atoms with Gasteiger partial charge in [-0.3, -0.25) is 4.79 Å². The van der Waals surface area contributed by atoms with Crippen molar-refractivity contribution in [3.8, 4) is 11.5 Å². The van der Waals surface area contributed by atoms with E-state index in [1.807, 2.05) is 44.2 Å². The summed E-state index contributed by atoms with van der Waals surface area (Å²) in [5.41, 5.74) is 1.95. The second-order valence-electron chi connectivity index (χ2n) is 8.60. The molecule has 0 saturated carbocycles. The van der Waals surface area contributed by atoms with Gasteiger partial charge in [-0.1, -0.05) is 24.6 Å². The summed E-state index contributed by atoms with van der Waals surface area (Å²) in [7, 11) is -3.59. The van der Waals surface area contributed by atoms with Gasteiger partial charge in [-0.15, -0.1) is 0 Å². The average molecular weight is 468 g/mol. The first-order valence-electron chi connectivity index (χ1n) is 11.2. The number of aromatic nitrogens is 1. The van der Waals surface area contributed by atoms with Crippen LogP contribution < -0.4 is 5.32 Å². The Morgan fingerprint density at radius 2 is 1.70 bits per heavy atom. The lowest BCUT2D eigenvalue weighted by molar-refractivity contribution is -0.115. The summed E-state index contributed by atoms with van der Waals surface area (Å²) in [6, 6.07) is 15.8. The van der Waals surface area contributed by atoms with Crippen LogP contribution in [0, 0.1) is 6.92 Å². The van der Waals surface area contributed by atoms with E-state index in [0.29, 0.717) is 23.0 Å². The van der Waals surface area contributed by atoms with Gasteiger partial charge in [0.15, 0.2) is 0 Å². The van der Waals surface area contributed by atoms with E-state index in [0.717, 1.165) is 24.8 Å². The second kappa shape index (κ2) is 9.49. The van der Waals surface area contributed by atoms with Crippen molar-refractivity contribution in [1.29, 1.82) is 0 Å². The summed E-state index contributed by atoms with van der Waals surface area (Å²) >= 11 is 0. The van der Waals surface area contributed by atoms with Crippen LogP contribution in [0.5, 0.6) is 0 Å². The zero-order valence-corrected chi connectivity index (χ0v) is 19.9. The minimum Gasteiger partial charge on any atom is -0.441 e. The number of carbonyl (C=O) groups is 1. The molecule has 1 N–H and O–H groups in total. The van der Waals surface area contributed by atoms with E-state index < -0.39 is 10.0 Å². The van der Waals surface area contributed by atoms with Crippen LogP contribution in [-0.4, -0.2) is 35.7 Å². The fourth-order valence-corrected chi connectivity index (χ4v) is 6.24. The fourth-order valence-electron chi connectivity index (χ4n) is 4.36. The van der Waals surface area contributed by atoms with Gasteiger partial charge in [0.25, 0.3) is 0 Å². The number of amides is 1. The molecule has 174 valence electrons. The zero-order valence-electron chi connectivity index (χ0n) is 19.1. The van der Waals surface area contributed by atoms with E-state index in [1.165, 1.54) is 0 Å². The van der Waals surface area contributed by atoms with Gasteiger partial charge < -0.3 is 9.73 Å². The van der Waals surface area contributed by atoms with Crippen molar-refractivity contribution >= 4 is 21.6 Å². The molecule has 0 spiro atoms. The van der Waals surface area contributed by atoms with Crippen molar-refractivity contribution in [3.63, 3.8) is 0 Å². The van der Waals surface area contributed by atoms with Crippen LogP contribution in [0.2, 0.25) is 0 Å². The SMILES string of the molecule is Cc1oc(-c2ccccc2)nc1CC(=O)Nc1ccc(S(=O)(=O)N2C(C)CCCC2C)cc1. The van der Waals surface area contributed by atoms with Crippen molar-refractivity contribution in [1.82, 2.24) is 9.29 Å². The maximum Gasteiger partial charge on any atom is 0.243 e. The predicted molar refractivity (Wildman–Crippen MR) is 127 cm³/mol. The highest BCUT2D eigenvalue weighted by atomic mass is 32.2. The first-order chi connectivity index (χ1) is 15.8. The number of aryl methyl sites for hydroxylation is 1.